The number of nitrogens with one attached hydrogen (secondary N) is 1. The smallest absolute Gasteiger partial charge is 0.254 e. The number of carbonyl (C=O) groups is 2. The Morgan fingerprint density at radius 2 is 2.00 bits per heavy atom. The Morgan fingerprint density at radius 3 is 2.71 bits per heavy atom. The van der Waals surface area contributed by atoms with Crippen molar-refractivity contribution in [3.8, 4) is 0 Å². The molecule has 0 spiro atoms. The maximum absolute atomic E-state index is 12.1. The second kappa shape index (κ2) is 5.19. The van der Waals surface area contributed by atoms with Crippen LogP contribution >= 0.6 is 11.6 Å². The van der Waals surface area contributed by atoms with Gasteiger partial charge in [-0.3, -0.25) is 9.59 Å². The van der Waals surface area contributed by atoms with Crippen LogP contribution in [0, 0.1) is 0 Å². The first-order chi connectivity index (χ1) is 8.16. The van der Waals surface area contributed by atoms with Crippen LogP contribution < -0.4 is 5.32 Å². The standard InChI is InChI=1S/C12H13ClN2O2/c13-10-4-2-9(3-5-10)12(17)15-7-1-6-14-11(16)8-15/h2-5H,1,6-8H2,(H,14,16). The summed E-state index contributed by atoms with van der Waals surface area (Å²) in [5.74, 6) is -0.233. The first-order valence-corrected chi connectivity index (χ1v) is 5.86. The van der Waals surface area contributed by atoms with Gasteiger partial charge < -0.3 is 10.2 Å². The van der Waals surface area contributed by atoms with Crippen molar-refractivity contribution in [2.45, 2.75) is 6.42 Å². The van der Waals surface area contributed by atoms with E-state index >= 15 is 0 Å². The lowest BCUT2D eigenvalue weighted by Crippen LogP contribution is -2.37. The minimum Gasteiger partial charge on any atom is -0.354 e. The van der Waals surface area contributed by atoms with Crippen molar-refractivity contribution in [2.75, 3.05) is 19.6 Å². The SMILES string of the molecule is O=C1CN(C(=O)c2ccc(Cl)cc2)CCCN1. The van der Waals surface area contributed by atoms with Crippen molar-refractivity contribution < 1.29 is 9.59 Å². The van der Waals surface area contributed by atoms with Gasteiger partial charge in [-0.2, -0.15) is 0 Å². The third-order valence-corrected chi connectivity index (χ3v) is 2.89. The summed E-state index contributed by atoms with van der Waals surface area (Å²) in [5, 5.41) is 3.33. The van der Waals surface area contributed by atoms with Crippen LogP contribution in [0.2, 0.25) is 5.02 Å². The molecule has 1 aliphatic rings. The van der Waals surface area contributed by atoms with Gasteiger partial charge in [0.25, 0.3) is 5.91 Å². The van der Waals surface area contributed by atoms with Crippen molar-refractivity contribution >= 4 is 23.4 Å². The van der Waals surface area contributed by atoms with Crippen LogP contribution in [-0.4, -0.2) is 36.3 Å². The molecule has 1 aliphatic heterocycles. The highest BCUT2D eigenvalue weighted by Gasteiger charge is 2.20. The quantitative estimate of drug-likeness (QED) is 0.819. The minimum atomic E-state index is -0.126. The molecule has 4 nitrogen and oxygen atoms in total. The average molecular weight is 253 g/mol. The molecule has 1 fully saturated rings. The van der Waals surface area contributed by atoms with Crippen LogP contribution in [0.5, 0.6) is 0 Å². The molecule has 5 heteroatoms. The van der Waals surface area contributed by atoms with E-state index in [1.165, 1.54) is 0 Å². The van der Waals surface area contributed by atoms with Crippen molar-refractivity contribution in [3.63, 3.8) is 0 Å². The summed E-state index contributed by atoms with van der Waals surface area (Å²) in [6, 6.07) is 6.69. The lowest BCUT2D eigenvalue weighted by molar-refractivity contribution is -0.121. The number of hydrogen-bond donors (Lipinski definition) is 1. The third-order valence-electron chi connectivity index (χ3n) is 2.64. The molecule has 1 aromatic rings. The normalized spacial score (nSPS) is 16.3. The largest absolute Gasteiger partial charge is 0.354 e. The summed E-state index contributed by atoms with van der Waals surface area (Å²) in [6.45, 7) is 1.35. The van der Waals surface area contributed by atoms with Crippen molar-refractivity contribution in [1.82, 2.24) is 10.2 Å². The highest BCUT2D eigenvalue weighted by Crippen LogP contribution is 2.12. The second-order valence-electron chi connectivity index (χ2n) is 3.94. The van der Waals surface area contributed by atoms with E-state index in [-0.39, 0.29) is 18.4 Å². The van der Waals surface area contributed by atoms with Crippen LogP contribution in [-0.2, 0) is 4.79 Å². The van der Waals surface area contributed by atoms with Crippen LogP contribution in [0.25, 0.3) is 0 Å². The molecular formula is C12H13ClN2O2. The fourth-order valence-electron chi connectivity index (χ4n) is 1.75. The summed E-state index contributed by atoms with van der Waals surface area (Å²) in [6.07, 6.45) is 0.783. The second-order valence-corrected chi connectivity index (χ2v) is 4.37. The van der Waals surface area contributed by atoms with E-state index in [1.54, 1.807) is 29.2 Å². The van der Waals surface area contributed by atoms with E-state index < -0.39 is 0 Å². The van der Waals surface area contributed by atoms with Crippen LogP contribution in [0.4, 0.5) is 0 Å². The lowest BCUT2D eigenvalue weighted by Gasteiger charge is -2.18. The summed E-state index contributed by atoms with van der Waals surface area (Å²) in [7, 11) is 0. The number of carbonyl (C=O) groups excluding carboxylic acids is 2. The molecule has 2 amide bonds. The summed E-state index contributed by atoms with van der Waals surface area (Å²) in [4.78, 5) is 25.0. The van der Waals surface area contributed by atoms with Gasteiger partial charge in [0, 0.05) is 23.7 Å². The predicted octanol–water partition coefficient (Wildman–Crippen LogP) is 1.30. The molecule has 1 saturated heterocycles. The molecule has 1 N–H and O–H groups in total. The van der Waals surface area contributed by atoms with E-state index in [0.717, 1.165) is 6.42 Å². The van der Waals surface area contributed by atoms with Gasteiger partial charge in [0.15, 0.2) is 0 Å². The molecule has 0 unspecified atom stereocenters. The number of halogens is 1. The minimum absolute atomic E-state index is 0.107. The summed E-state index contributed by atoms with van der Waals surface area (Å²) in [5.41, 5.74) is 0.559. The lowest BCUT2D eigenvalue weighted by atomic mass is 10.2. The number of amides is 2. The maximum atomic E-state index is 12.1. The van der Waals surface area contributed by atoms with Gasteiger partial charge in [0.2, 0.25) is 5.91 Å². The monoisotopic (exact) mass is 252 g/mol. The molecule has 0 radical (unpaired) electrons. The highest BCUT2D eigenvalue weighted by atomic mass is 35.5. The Labute approximate surface area is 105 Å². The van der Waals surface area contributed by atoms with Gasteiger partial charge in [0.05, 0.1) is 6.54 Å². The summed E-state index contributed by atoms with van der Waals surface area (Å²) >= 11 is 5.76. The average Bonchev–Trinajstić information content (AvgIpc) is 2.54. The topological polar surface area (TPSA) is 49.4 Å². The van der Waals surface area contributed by atoms with Crippen LogP contribution in [0.15, 0.2) is 24.3 Å². The fraction of sp³-hybridized carbons (Fsp3) is 0.333. The van der Waals surface area contributed by atoms with E-state index in [9.17, 15) is 9.59 Å². The molecule has 1 aromatic carbocycles. The van der Waals surface area contributed by atoms with Gasteiger partial charge in [-0.1, -0.05) is 11.6 Å². The summed E-state index contributed by atoms with van der Waals surface area (Å²) < 4.78 is 0. The van der Waals surface area contributed by atoms with Gasteiger partial charge in [-0.15, -0.1) is 0 Å². The first-order valence-electron chi connectivity index (χ1n) is 5.48. The van der Waals surface area contributed by atoms with Gasteiger partial charge in [0.1, 0.15) is 0 Å². The maximum Gasteiger partial charge on any atom is 0.254 e. The highest BCUT2D eigenvalue weighted by molar-refractivity contribution is 6.30. The molecule has 90 valence electrons. The van der Waals surface area contributed by atoms with Crippen molar-refractivity contribution in [1.29, 1.82) is 0 Å². The zero-order valence-corrected chi connectivity index (χ0v) is 10.0. The van der Waals surface area contributed by atoms with E-state index in [2.05, 4.69) is 5.32 Å². The van der Waals surface area contributed by atoms with Gasteiger partial charge >= 0.3 is 0 Å². The van der Waals surface area contributed by atoms with E-state index in [0.29, 0.717) is 23.7 Å². The molecule has 0 atom stereocenters. The molecule has 17 heavy (non-hydrogen) atoms. The zero-order chi connectivity index (χ0) is 12.3. The van der Waals surface area contributed by atoms with Gasteiger partial charge in [-0.25, -0.2) is 0 Å². The van der Waals surface area contributed by atoms with Crippen molar-refractivity contribution in [2.24, 2.45) is 0 Å². The van der Waals surface area contributed by atoms with Crippen LogP contribution in [0.3, 0.4) is 0 Å². The Balaban J connectivity index is 2.13. The van der Waals surface area contributed by atoms with Gasteiger partial charge in [-0.05, 0) is 30.7 Å². The Morgan fingerprint density at radius 1 is 1.29 bits per heavy atom. The van der Waals surface area contributed by atoms with E-state index in [1.807, 2.05) is 0 Å². The Bertz CT molecular complexity index is 431. The number of nitrogens with zero attached hydrogens (tertiary/aromatic N) is 1. The molecule has 0 aromatic heterocycles. The first kappa shape index (κ1) is 11.9. The molecule has 0 bridgehead atoms. The Hall–Kier alpha value is -1.55. The number of hydrogen-bond acceptors (Lipinski definition) is 2. The predicted molar refractivity (Wildman–Crippen MR) is 65.0 cm³/mol. The molecule has 2 rings (SSSR count). The zero-order valence-electron chi connectivity index (χ0n) is 9.28. The molecule has 0 aliphatic carbocycles. The third kappa shape index (κ3) is 2.97. The molecule has 0 saturated carbocycles. The fourth-order valence-corrected chi connectivity index (χ4v) is 1.88. The van der Waals surface area contributed by atoms with Crippen LogP contribution in [0.1, 0.15) is 16.8 Å². The Kier molecular flexibility index (Phi) is 3.64. The molecular weight excluding hydrogens is 240 g/mol. The number of rotatable bonds is 1. The molecule has 1 heterocycles. The number of benzene rings is 1. The van der Waals surface area contributed by atoms with E-state index in [4.69, 9.17) is 11.6 Å². The van der Waals surface area contributed by atoms with Crippen molar-refractivity contribution in [3.05, 3.63) is 34.9 Å².